The van der Waals surface area contributed by atoms with Crippen LogP contribution in [0.2, 0.25) is 0 Å². The Labute approximate surface area is 139 Å². The maximum Gasteiger partial charge on any atom is 0.336 e. The molecule has 2 aromatic rings. The number of carbonyl (C=O) groups is 1. The van der Waals surface area contributed by atoms with Crippen LogP contribution in [0.1, 0.15) is 45.4 Å². The third-order valence-electron chi connectivity index (χ3n) is 5.27. The highest BCUT2D eigenvalue weighted by Crippen LogP contribution is 2.51. The van der Waals surface area contributed by atoms with E-state index < -0.39 is 5.97 Å². The molecule has 0 unspecified atom stereocenters. The zero-order valence-electron chi connectivity index (χ0n) is 13.3. The van der Waals surface area contributed by atoms with Gasteiger partial charge in [-0.05, 0) is 42.5 Å². The Hall–Kier alpha value is -2.62. The predicted molar refractivity (Wildman–Crippen MR) is 90.9 cm³/mol. The predicted octanol–water partition coefficient (Wildman–Crippen LogP) is 4.66. The molecule has 0 saturated carbocycles. The average molecular weight is 323 g/mol. The number of aromatic carboxylic acids is 1. The summed E-state index contributed by atoms with van der Waals surface area (Å²) in [7, 11) is 0. The number of benzene rings is 2. The molecular weight excluding hydrogens is 305 g/mol. The van der Waals surface area contributed by atoms with E-state index in [1.165, 1.54) is 6.07 Å². The molecule has 24 heavy (non-hydrogen) atoms. The van der Waals surface area contributed by atoms with Crippen molar-refractivity contribution >= 4 is 11.7 Å². The SMILES string of the molecule is Cc1c(C(=O)O)ccc2c1N[C@H](c1ccccc1F)[C@@H]1CC=C[C@@H]21. The van der Waals surface area contributed by atoms with Crippen LogP contribution < -0.4 is 5.32 Å². The first-order chi connectivity index (χ1) is 11.6. The molecule has 122 valence electrons. The third-order valence-corrected chi connectivity index (χ3v) is 5.27. The molecule has 0 spiro atoms. The molecule has 4 heteroatoms. The van der Waals surface area contributed by atoms with Crippen molar-refractivity contribution in [2.75, 3.05) is 5.32 Å². The average Bonchev–Trinajstić information content (AvgIpc) is 3.05. The number of hydrogen-bond donors (Lipinski definition) is 2. The van der Waals surface area contributed by atoms with Crippen LogP contribution in [0.15, 0.2) is 48.6 Å². The van der Waals surface area contributed by atoms with Gasteiger partial charge in [0.05, 0.1) is 11.6 Å². The van der Waals surface area contributed by atoms with Crippen LogP contribution in [0.25, 0.3) is 0 Å². The Balaban J connectivity index is 1.87. The van der Waals surface area contributed by atoms with E-state index in [1.807, 2.05) is 25.1 Å². The second-order valence-corrected chi connectivity index (χ2v) is 6.50. The molecule has 3 atom stereocenters. The van der Waals surface area contributed by atoms with E-state index in [-0.39, 0.29) is 29.3 Å². The number of anilines is 1. The summed E-state index contributed by atoms with van der Waals surface area (Å²) in [4.78, 5) is 11.4. The van der Waals surface area contributed by atoms with Gasteiger partial charge in [-0.15, -0.1) is 0 Å². The van der Waals surface area contributed by atoms with Gasteiger partial charge in [0, 0.05) is 17.2 Å². The molecule has 0 aromatic heterocycles. The lowest BCUT2D eigenvalue weighted by Gasteiger charge is -2.38. The normalized spacial score (nSPS) is 24.2. The third kappa shape index (κ3) is 2.13. The van der Waals surface area contributed by atoms with Crippen LogP contribution in [-0.2, 0) is 0 Å². The van der Waals surface area contributed by atoms with E-state index in [2.05, 4.69) is 17.5 Å². The van der Waals surface area contributed by atoms with E-state index in [0.29, 0.717) is 11.1 Å². The van der Waals surface area contributed by atoms with Gasteiger partial charge in [-0.25, -0.2) is 9.18 Å². The summed E-state index contributed by atoms with van der Waals surface area (Å²) >= 11 is 0. The summed E-state index contributed by atoms with van der Waals surface area (Å²) in [5, 5.41) is 12.8. The van der Waals surface area contributed by atoms with Gasteiger partial charge in [0.1, 0.15) is 5.82 Å². The maximum atomic E-state index is 14.4. The Morgan fingerprint density at radius 1 is 1.21 bits per heavy atom. The Morgan fingerprint density at radius 3 is 2.75 bits per heavy atom. The first-order valence-electron chi connectivity index (χ1n) is 8.12. The van der Waals surface area contributed by atoms with E-state index >= 15 is 0 Å². The van der Waals surface area contributed by atoms with Crippen molar-refractivity contribution in [3.8, 4) is 0 Å². The lowest BCUT2D eigenvalue weighted by atomic mass is 9.76. The van der Waals surface area contributed by atoms with E-state index in [1.54, 1.807) is 12.1 Å². The lowest BCUT2D eigenvalue weighted by Crippen LogP contribution is -2.30. The number of carboxylic acid groups (broad SMARTS) is 1. The number of carboxylic acids is 1. The topological polar surface area (TPSA) is 49.3 Å². The molecule has 1 aliphatic carbocycles. The molecule has 1 aliphatic heterocycles. The molecule has 0 bridgehead atoms. The summed E-state index contributed by atoms with van der Waals surface area (Å²) in [5.74, 6) is -0.739. The summed E-state index contributed by atoms with van der Waals surface area (Å²) in [5.41, 5.74) is 3.57. The zero-order chi connectivity index (χ0) is 16.8. The van der Waals surface area contributed by atoms with Gasteiger partial charge in [0.25, 0.3) is 0 Å². The van der Waals surface area contributed by atoms with Crippen LogP contribution in [0.3, 0.4) is 0 Å². The molecule has 0 saturated heterocycles. The van der Waals surface area contributed by atoms with E-state index in [0.717, 1.165) is 17.7 Å². The molecule has 2 aliphatic rings. The lowest BCUT2D eigenvalue weighted by molar-refractivity contribution is 0.0696. The number of fused-ring (bicyclic) bond motifs is 3. The van der Waals surface area contributed by atoms with Crippen molar-refractivity contribution < 1.29 is 14.3 Å². The molecule has 0 amide bonds. The summed E-state index contributed by atoms with van der Waals surface area (Å²) < 4.78 is 14.4. The fourth-order valence-electron chi connectivity index (χ4n) is 4.08. The minimum Gasteiger partial charge on any atom is -0.478 e. The molecule has 2 aromatic carbocycles. The van der Waals surface area contributed by atoms with Gasteiger partial charge >= 0.3 is 5.97 Å². The van der Waals surface area contributed by atoms with Crippen molar-refractivity contribution in [3.05, 3.63) is 76.6 Å². The molecule has 4 rings (SSSR count). The number of hydrogen-bond acceptors (Lipinski definition) is 2. The Morgan fingerprint density at radius 2 is 2.00 bits per heavy atom. The van der Waals surface area contributed by atoms with Crippen molar-refractivity contribution in [2.24, 2.45) is 5.92 Å². The van der Waals surface area contributed by atoms with Gasteiger partial charge in [0.15, 0.2) is 0 Å². The second-order valence-electron chi connectivity index (χ2n) is 6.50. The number of nitrogens with one attached hydrogen (secondary N) is 1. The maximum absolute atomic E-state index is 14.4. The van der Waals surface area contributed by atoms with Crippen LogP contribution in [0.4, 0.5) is 10.1 Å². The van der Waals surface area contributed by atoms with Crippen LogP contribution in [-0.4, -0.2) is 11.1 Å². The standard InChI is InChI=1S/C20H18FNO2/c1-11-12(20(23)24)9-10-15-13-6-4-7-14(13)19(22-18(11)15)16-5-2-3-8-17(16)21/h2-6,8-10,13-14,19,22H,7H2,1H3,(H,23,24)/t13-,14-,19+/m1/s1. The molecule has 0 fully saturated rings. The highest BCUT2D eigenvalue weighted by atomic mass is 19.1. The Kier molecular flexibility index (Phi) is 3.41. The van der Waals surface area contributed by atoms with Crippen molar-refractivity contribution in [2.45, 2.75) is 25.3 Å². The van der Waals surface area contributed by atoms with Crippen molar-refractivity contribution in [1.82, 2.24) is 0 Å². The molecule has 2 N–H and O–H groups in total. The molecule has 0 radical (unpaired) electrons. The largest absolute Gasteiger partial charge is 0.478 e. The van der Waals surface area contributed by atoms with Gasteiger partial charge in [-0.1, -0.05) is 36.4 Å². The first-order valence-corrected chi connectivity index (χ1v) is 8.12. The van der Waals surface area contributed by atoms with Crippen LogP contribution in [0.5, 0.6) is 0 Å². The summed E-state index contributed by atoms with van der Waals surface area (Å²) in [6.45, 7) is 1.81. The fourth-order valence-corrected chi connectivity index (χ4v) is 4.08. The first kappa shape index (κ1) is 14.9. The summed E-state index contributed by atoms with van der Waals surface area (Å²) in [6, 6.07) is 10.2. The van der Waals surface area contributed by atoms with Crippen molar-refractivity contribution in [1.29, 1.82) is 0 Å². The van der Waals surface area contributed by atoms with Gasteiger partial charge in [-0.2, -0.15) is 0 Å². The minimum absolute atomic E-state index is 0.165. The van der Waals surface area contributed by atoms with Gasteiger partial charge in [0.2, 0.25) is 0 Å². The highest BCUT2D eigenvalue weighted by Gasteiger charge is 2.39. The number of rotatable bonds is 2. The van der Waals surface area contributed by atoms with Gasteiger partial charge in [-0.3, -0.25) is 0 Å². The van der Waals surface area contributed by atoms with Crippen molar-refractivity contribution in [3.63, 3.8) is 0 Å². The van der Waals surface area contributed by atoms with E-state index in [4.69, 9.17) is 0 Å². The monoisotopic (exact) mass is 323 g/mol. The van der Waals surface area contributed by atoms with Crippen LogP contribution >= 0.6 is 0 Å². The second kappa shape index (κ2) is 5.48. The highest BCUT2D eigenvalue weighted by molar-refractivity contribution is 5.92. The molecule has 3 nitrogen and oxygen atoms in total. The fraction of sp³-hybridized carbons (Fsp3) is 0.250. The quantitative estimate of drug-likeness (QED) is 0.790. The zero-order valence-corrected chi connectivity index (χ0v) is 13.3. The smallest absolute Gasteiger partial charge is 0.336 e. The van der Waals surface area contributed by atoms with Gasteiger partial charge < -0.3 is 10.4 Å². The van der Waals surface area contributed by atoms with Crippen LogP contribution in [0, 0.1) is 18.7 Å². The van der Waals surface area contributed by atoms with E-state index in [9.17, 15) is 14.3 Å². The summed E-state index contributed by atoms with van der Waals surface area (Å²) in [6.07, 6.45) is 5.19. The molecular formula is C20H18FNO2. The number of halogens is 1. The minimum atomic E-state index is -0.941. The number of allylic oxidation sites excluding steroid dienone is 2. The Bertz CT molecular complexity index is 859. The molecule has 1 heterocycles.